The number of amides is 1. The fourth-order valence-electron chi connectivity index (χ4n) is 5.18. The second-order valence-corrected chi connectivity index (χ2v) is 14.8. The van der Waals surface area contributed by atoms with E-state index in [9.17, 15) is 26.4 Å². The van der Waals surface area contributed by atoms with Gasteiger partial charge in [0.25, 0.3) is 15.6 Å². The lowest BCUT2D eigenvalue weighted by Gasteiger charge is -2.30. The number of hydrogen-bond acceptors (Lipinski definition) is 11. The Labute approximate surface area is 270 Å². The minimum atomic E-state index is -3.99. The molecule has 1 aliphatic rings. The normalized spacial score (nSPS) is 14.7. The molecular weight excluding hydrogens is 647 g/mol. The summed E-state index contributed by atoms with van der Waals surface area (Å²) in [7, 11) is -7.24. The molecule has 4 heterocycles. The van der Waals surface area contributed by atoms with Crippen LogP contribution in [0, 0.1) is 0 Å². The van der Waals surface area contributed by atoms with Gasteiger partial charge in [0.15, 0.2) is 5.82 Å². The number of benzene rings is 2. The van der Waals surface area contributed by atoms with Gasteiger partial charge < -0.3 is 10.6 Å². The molecule has 0 saturated carbocycles. The summed E-state index contributed by atoms with van der Waals surface area (Å²) in [5.41, 5.74) is 1.18. The molecule has 5 aromatic rings. The molecule has 0 spiro atoms. The van der Waals surface area contributed by atoms with Crippen molar-refractivity contribution in [2.24, 2.45) is 0 Å². The smallest absolute Gasteiger partial charge is 0.284 e. The molecular formula is C30H31N9O6S2. The van der Waals surface area contributed by atoms with E-state index in [0.717, 1.165) is 10.4 Å². The Morgan fingerprint density at radius 2 is 1.66 bits per heavy atom. The zero-order valence-corrected chi connectivity index (χ0v) is 26.9. The number of carbonyl (C=O) groups is 1. The first-order valence-corrected chi connectivity index (χ1v) is 17.9. The van der Waals surface area contributed by atoms with Crippen LogP contribution in [0.2, 0.25) is 0 Å². The lowest BCUT2D eigenvalue weighted by atomic mass is 10.1. The molecule has 15 nitrogen and oxygen atoms in total. The maximum atomic E-state index is 13.1. The monoisotopic (exact) mass is 677 g/mol. The van der Waals surface area contributed by atoms with Crippen molar-refractivity contribution in [1.82, 2.24) is 38.3 Å². The molecule has 1 saturated heterocycles. The lowest BCUT2D eigenvalue weighted by Crippen LogP contribution is -2.42. The highest BCUT2D eigenvalue weighted by Gasteiger charge is 2.25. The predicted molar refractivity (Wildman–Crippen MR) is 173 cm³/mol. The van der Waals surface area contributed by atoms with Crippen LogP contribution in [0.3, 0.4) is 0 Å². The van der Waals surface area contributed by atoms with Crippen molar-refractivity contribution in [2.75, 3.05) is 24.7 Å². The minimum absolute atomic E-state index is 0.00411. The van der Waals surface area contributed by atoms with Gasteiger partial charge in [-0.25, -0.2) is 22.7 Å². The fourth-order valence-corrected chi connectivity index (χ4v) is 7.11. The molecule has 1 aliphatic heterocycles. The Balaban J connectivity index is 1.09. The summed E-state index contributed by atoms with van der Waals surface area (Å²) in [6.07, 6.45) is 5.04. The molecule has 17 heteroatoms. The van der Waals surface area contributed by atoms with Crippen LogP contribution in [0.1, 0.15) is 18.4 Å². The lowest BCUT2D eigenvalue weighted by molar-refractivity contribution is -0.121. The van der Waals surface area contributed by atoms with Crippen LogP contribution in [-0.4, -0.2) is 81.1 Å². The summed E-state index contributed by atoms with van der Waals surface area (Å²) in [5, 5.41) is 10.7. The Kier molecular flexibility index (Phi) is 8.85. The van der Waals surface area contributed by atoms with Gasteiger partial charge in [-0.3, -0.25) is 14.2 Å². The number of piperidine rings is 1. The summed E-state index contributed by atoms with van der Waals surface area (Å²) < 4.78 is 53.3. The topological polar surface area (TPSA) is 191 Å². The molecule has 0 aliphatic carbocycles. The van der Waals surface area contributed by atoms with Crippen molar-refractivity contribution >= 4 is 42.9 Å². The number of fused-ring (bicyclic) bond motifs is 1. The largest absolute Gasteiger partial charge is 0.351 e. The van der Waals surface area contributed by atoms with Gasteiger partial charge in [0.05, 0.1) is 11.2 Å². The van der Waals surface area contributed by atoms with E-state index in [1.807, 2.05) is 18.2 Å². The van der Waals surface area contributed by atoms with Gasteiger partial charge in [-0.15, -0.1) is 9.19 Å². The van der Waals surface area contributed by atoms with Crippen LogP contribution in [0.25, 0.3) is 22.4 Å². The van der Waals surface area contributed by atoms with Gasteiger partial charge in [0, 0.05) is 48.9 Å². The number of aromatic nitrogens is 6. The Morgan fingerprint density at radius 3 is 2.36 bits per heavy atom. The molecule has 2 aromatic carbocycles. The van der Waals surface area contributed by atoms with Crippen LogP contribution in [-0.2, 0) is 37.9 Å². The molecule has 3 aromatic heterocycles. The number of nitrogens with zero attached hydrogens (tertiary/aromatic N) is 7. The van der Waals surface area contributed by atoms with Crippen molar-refractivity contribution < 1.29 is 21.6 Å². The summed E-state index contributed by atoms with van der Waals surface area (Å²) in [4.78, 5) is 38.7. The number of carbonyl (C=O) groups excluding carboxylic acids is 1. The van der Waals surface area contributed by atoms with Crippen molar-refractivity contribution in [2.45, 2.75) is 36.9 Å². The second-order valence-electron chi connectivity index (χ2n) is 11.0. The van der Waals surface area contributed by atoms with Gasteiger partial charge in [0.2, 0.25) is 21.9 Å². The number of nitrogens with one attached hydrogen (secondary N) is 2. The SMILES string of the molecule is CS(=O)(=O)N1CCC(Nc2ncc3ccc(=O)n(CC(=O)NCc4ccc(S(=O)(=O)n5cnc(-c6ccccc6)n5)cc4)c3n2)CC1. The first-order chi connectivity index (χ1) is 22.5. The van der Waals surface area contributed by atoms with E-state index in [1.54, 1.807) is 36.5 Å². The number of hydrogen-bond donors (Lipinski definition) is 2. The number of anilines is 1. The number of rotatable bonds is 10. The van der Waals surface area contributed by atoms with Gasteiger partial charge in [-0.1, -0.05) is 42.5 Å². The van der Waals surface area contributed by atoms with Crippen molar-refractivity contribution in [3.63, 3.8) is 0 Å². The van der Waals surface area contributed by atoms with Gasteiger partial charge in [0.1, 0.15) is 18.5 Å². The van der Waals surface area contributed by atoms with Crippen molar-refractivity contribution in [1.29, 1.82) is 0 Å². The van der Waals surface area contributed by atoms with Gasteiger partial charge in [-0.05, 0) is 36.6 Å². The maximum Gasteiger partial charge on any atom is 0.284 e. The highest BCUT2D eigenvalue weighted by Crippen LogP contribution is 2.19. The molecule has 2 N–H and O–H groups in total. The standard InChI is InChI=1S/C30H31N9O6S2/c1-46(42,43)37-15-13-24(14-16-37)34-30-32-18-23-9-12-27(41)38(29(23)35-30)19-26(40)31-17-21-7-10-25(11-8-21)47(44,45)39-20-33-28(36-39)22-5-3-2-4-6-22/h2-12,18,20,24H,13-17,19H2,1H3,(H,31,40)(H,32,34,35). The molecule has 6 rings (SSSR count). The van der Waals surface area contributed by atoms with Gasteiger partial charge >= 0.3 is 0 Å². The van der Waals surface area contributed by atoms with E-state index in [2.05, 4.69) is 30.7 Å². The Hall–Kier alpha value is -5.00. The van der Waals surface area contributed by atoms with E-state index in [0.29, 0.717) is 42.4 Å². The number of pyridine rings is 1. The Morgan fingerprint density at radius 1 is 0.936 bits per heavy atom. The first-order valence-electron chi connectivity index (χ1n) is 14.6. The van der Waals surface area contributed by atoms with Crippen molar-refractivity contribution in [3.05, 3.63) is 95.2 Å². The molecule has 47 heavy (non-hydrogen) atoms. The predicted octanol–water partition coefficient (Wildman–Crippen LogP) is 1.44. The van der Waals surface area contributed by atoms with Crippen LogP contribution in [0.4, 0.5) is 5.95 Å². The highest BCUT2D eigenvalue weighted by atomic mass is 32.2. The highest BCUT2D eigenvalue weighted by molar-refractivity contribution is 7.89. The molecule has 1 amide bonds. The molecule has 244 valence electrons. The average Bonchev–Trinajstić information content (AvgIpc) is 3.57. The average molecular weight is 678 g/mol. The molecule has 1 fully saturated rings. The van der Waals surface area contributed by atoms with E-state index < -0.39 is 31.5 Å². The van der Waals surface area contributed by atoms with E-state index >= 15 is 0 Å². The summed E-state index contributed by atoms with van der Waals surface area (Å²) in [6.45, 7) is 0.547. The van der Waals surface area contributed by atoms with E-state index in [-0.39, 0.29) is 41.4 Å². The summed E-state index contributed by atoms with van der Waals surface area (Å²) >= 11 is 0. The third kappa shape index (κ3) is 7.21. The van der Waals surface area contributed by atoms with E-state index in [4.69, 9.17) is 0 Å². The zero-order valence-electron chi connectivity index (χ0n) is 25.2. The van der Waals surface area contributed by atoms with Crippen LogP contribution in [0.5, 0.6) is 0 Å². The van der Waals surface area contributed by atoms with Crippen LogP contribution < -0.4 is 16.2 Å². The molecule has 0 atom stereocenters. The third-order valence-electron chi connectivity index (χ3n) is 7.74. The van der Waals surface area contributed by atoms with Crippen LogP contribution >= 0.6 is 0 Å². The minimum Gasteiger partial charge on any atom is -0.351 e. The van der Waals surface area contributed by atoms with Crippen LogP contribution in [0.15, 0.2) is 88.9 Å². The Bertz CT molecular complexity index is 2200. The van der Waals surface area contributed by atoms with Gasteiger partial charge in [-0.2, -0.15) is 13.4 Å². The number of sulfonamides is 1. The third-order valence-corrected chi connectivity index (χ3v) is 10.6. The summed E-state index contributed by atoms with van der Waals surface area (Å²) in [5.74, 6) is 0.103. The first kappa shape index (κ1) is 32.0. The quantitative estimate of drug-likeness (QED) is 0.217. The second kappa shape index (κ2) is 13.0. The van der Waals surface area contributed by atoms with Crippen molar-refractivity contribution in [3.8, 4) is 11.4 Å². The molecule has 0 unspecified atom stereocenters. The molecule has 0 bridgehead atoms. The maximum absolute atomic E-state index is 13.1. The fraction of sp³-hybridized carbons (Fsp3) is 0.267. The van der Waals surface area contributed by atoms with E-state index in [1.165, 1.54) is 33.3 Å². The molecule has 0 radical (unpaired) electrons. The zero-order chi connectivity index (χ0) is 33.2. The summed E-state index contributed by atoms with van der Waals surface area (Å²) in [6, 6.07) is 17.9.